The molecule has 29 heavy (non-hydrogen) atoms. The van der Waals surface area contributed by atoms with E-state index in [0.29, 0.717) is 12.0 Å². The topological polar surface area (TPSA) is 30.7 Å². The Bertz CT molecular complexity index is 963. The molecule has 1 fully saturated rings. The molecular formula is C25H28ClN3. The molecule has 1 saturated carbocycles. The highest BCUT2D eigenvalue weighted by molar-refractivity contribution is 6.30. The molecule has 3 aromatic rings. The van der Waals surface area contributed by atoms with E-state index in [1.165, 1.54) is 43.4 Å². The molecule has 0 radical (unpaired) electrons. The predicted octanol–water partition coefficient (Wildman–Crippen LogP) is 6.38. The van der Waals surface area contributed by atoms with Crippen molar-refractivity contribution in [2.24, 2.45) is 17.8 Å². The van der Waals surface area contributed by atoms with Crippen LogP contribution in [-0.2, 0) is 12.8 Å². The molecule has 0 spiro atoms. The first-order valence-electron chi connectivity index (χ1n) is 10.9. The molecule has 1 aliphatic heterocycles. The summed E-state index contributed by atoms with van der Waals surface area (Å²) in [7, 11) is 0. The lowest BCUT2D eigenvalue weighted by molar-refractivity contribution is 0.113. The summed E-state index contributed by atoms with van der Waals surface area (Å²) < 4.78 is 2.28. The highest BCUT2D eigenvalue weighted by atomic mass is 35.5. The quantitative estimate of drug-likeness (QED) is 0.504. The summed E-state index contributed by atoms with van der Waals surface area (Å²) in [5.41, 5.74) is 4.93. The molecule has 3 nitrogen and oxygen atoms in total. The van der Waals surface area contributed by atoms with Crippen LogP contribution in [0.1, 0.15) is 49.9 Å². The fourth-order valence-corrected chi connectivity index (χ4v) is 5.64. The molecule has 4 atom stereocenters. The Morgan fingerprint density at radius 1 is 1.03 bits per heavy atom. The van der Waals surface area contributed by atoms with E-state index in [0.717, 1.165) is 34.5 Å². The van der Waals surface area contributed by atoms with Crippen LogP contribution in [0.25, 0.3) is 11.3 Å². The second kappa shape index (κ2) is 7.95. The minimum atomic E-state index is 0.504. The first-order chi connectivity index (χ1) is 14.2. The van der Waals surface area contributed by atoms with Crippen molar-refractivity contribution in [2.75, 3.05) is 0 Å². The zero-order valence-electron chi connectivity index (χ0n) is 17.0. The molecule has 0 saturated heterocycles. The Hall–Kier alpha value is -2.13. The summed E-state index contributed by atoms with van der Waals surface area (Å²) in [4.78, 5) is 0. The Morgan fingerprint density at radius 3 is 2.62 bits per heavy atom. The lowest BCUT2D eigenvalue weighted by Gasteiger charge is -2.41. The van der Waals surface area contributed by atoms with E-state index < -0.39 is 0 Å². The Balaban J connectivity index is 1.36. The van der Waals surface area contributed by atoms with Crippen molar-refractivity contribution < 1.29 is 0 Å². The maximum Gasteiger partial charge on any atom is 0.116 e. The van der Waals surface area contributed by atoms with Crippen molar-refractivity contribution in [1.82, 2.24) is 15.0 Å². The first-order valence-corrected chi connectivity index (χ1v) is 11.3. The third kappa shape index (κ3) is 3.73. The van der Waals surface area contributed by atoms with Crippen LogP contribution in [-0.4, -0.2) is 15.0 Å². The van der Waals surface area contributed by atoms with Gasteiger partial charge in [0, 0.05) is 10.6 Å². The summed E-state index contributed by atoms with van der Waals surface area (Å²) in [5, 5.41) is 10.0. The fraction of sp³-hybridized carbons (Fsp3) is 0.440. The zero-order valence-corrected chi connectivity index (χ0v) is 17.7. The summed E-state index contributed by atoms with van der Waals surface area (Å²) in [5.74, 6) is 2.20. The molecule has 0 amide bonds. The van der Waals surface area contributed by atoms with E-state index in [1.807, 2.05) is 12.1 Å². The molecule has 4 unspecified atom stereocenters. The van der Waals surface area contributed by atoms with Crippen molar-refractivity contribution in [2.45, 2.75) is 51.5 Å². The van der Waals surface area contributed by atoms with Crippen LogP contribution in [0.4, 0.5) is 0 Å². The number of nitrogens with zero attached hydrogens (tertiary/aromatic N) is 3. The standard InChI is InChI=1S/C25H28ClN3/c1-17(15-18-5-3-2-4-6-18)21-8-7-19-11-14-23-25(20-9-12-22(26)13-10-20)27-28-29(23)24(19)16-21/h2-6,9-10,12-13,17,19,21,24H,7-8,11,14-16H2,1H3. The highest BCUT2D eigenvalue weighted by Gasteiger charge is 2.38. The third-order valence-electron chi connectivity index (χ3n) is 7.18. The van der Waals surface area contributed by atoms with E-state index in [2.05, 4.69) is 64.4 Å². The third-order valence-corrected chi connectivity index (χ3v) is 7.43. The van der Waals surface area contributed by atoms with Crippen molar-refractivity contribution >= 4 is 11.6 Å². The van der Waals surface area contributed by atoms with Gasteiger partial charge in [0.05, 0.1) is 11.7 Å². The van der Waals surface area contributed by atoms with Gasteiger partial charge in [-0.05, 0) is 74.0 Å². The number of benzene rings is 2. The summed E-state index contributed by atoms with van der Waals surface area (Å²) in [6.45, 7) is 2.43. The van der Waals surface area contributed by atoms with E-state index in [4.69, 9.17) is 11.6 Å². The second-order valence-corrected chi connectivity index (χ2v) is 9.38. The van der Waals surface area contributed by atoms with E-state index >= 15 is 0 Å². The summed E-state index contributed by atoms with van der Waals surface area (Å²) in [6, 6.07) is 19.4. The summed E-state index contributed by atoms with van der Waals surface area (Å²) >= 11 is 6.07. The average molecular weight is 406 g/mol. The second-order valence-electron chi connectivity index (χ2n) is 8.94. The van der Waals surface area contributed by atoms with Crippen LogP contribution in [0.5, 0.6) is 0 Å². The van der Waals surface area contributed by atoms with Gasteiger partial charge in [0.2, 0.25) is 0 Å². The Morgan fingerprint density at radius 2 is 1.83 bits per heavy atom. The molecular weight excluding hydrogens is 378 g/mol. The molecule has 1 aromatic heterocycles. The maximum atomic E-state index is 6.07. The molecule has 4 heteroatoms. The van der Waals surface area contributed by atoms with Gasteiger partial charge in [0.15, 0.2) is 0 Å². The number of rotatable bonds is 4. The van der Waals surface area contributed by atoms with Gasteiger partial charge in [0.1, 0.15) is 5.69 Å². The van der Waals surface area contributed by atoms with Crippen LogP contribution in [0.3, 0.4) is 0 Å². The predicted molar refractivity (Wildman–Crippen MR) is 118 cm³/mol. The molecule has 2 aliphatic rings. The van der Waals surface area contributed by atoms with Gasteiger partial charge < -0.3 is 0 Å². The number of fused-ring (bicyclic) bond motifs is 3. The Labute approximate surface area is 178 Å². The monoisotopic (exact) mass is 405 g/mol. The van der Waals surface area contributed by atoms with Gasteiger partial charge in [-0.1, -0.05) is 66.2 Å². The van der Waals surface area contributed by atoms with Gasteiger partial charge in [0.25, 0.3) is 0 Å². The van der Waals surface area contributed by atoms with Crippen LogP contribution in [0, 0.1) is 17.8 Å². The van der Waals surface area contributed by atoms with Crippen LogP contribution in [0.2, 0.25) is 5.02 Å². The van der Waals surface area contributed by atoms with Crippen molar-refractivity contribution in [3.8, 4) is 11.3 Å². The van der Waals surface area contributed by atoms with Crippen LogP contribution in [0.15, 0.2) is 54.6 Å². The molecule has 150 valence electrons. The first kappa shape index (κ1) is 18.9. The minimum absolute atomic E-state index is 0.504. The molecule has 0 bridgehead atoms. The van der Waals surface area contributed by atoms with Gasteiger partial charge >= 0.3 is 0 Å². The molecule has 2 aromatic carbocycles. The molecule has 0 N–H and O–H groups in total. The zero-order chi connectivity index (χ0) is 19.8. The summed E-state index contributed by atoms with van der Waals surface area (Å²) in [6.07, 6.45) is 7.42. The Kier molecular flexibility index (Phi) is 5.17. The lowest BCUT2D eigenvalue weighted by Crippen LogP contribution is -2.35. The van der Waals surface area contributed by atoms with Gasteiger partial charge in [-0.15, -0.1) is 5.10 Å². The van der Waals surface area contributed by atoms with Crippen LogP contribution < -0.4 is 0 Å². The smallest absolute Gasteiger partial charge is 0.116 e. The number of hydrogen-bond donors (Lipinski definition) is 0. The van der Waals surface area contributed by atoms with Crippen molar-refractivity contribution in [3.63, 3.8) is 0 Å². The van der Waals surface area contributed by atoms with E-state index in [9.17, 15) is 0 Å². The normalized spacial score (nSPS) is 24.6. The SMILES string of the molecule is CC(Cc1ccccc1)C1CCC2CCc3c(-c4ccc(Cl)cc4)nnn3C2C1. The lowest BCUT2D eigenvalue weighted by atomic mass is 9.70. The number of halogens is 1. The van der Waals surface area contributed by atoms with Crippen molar-refractivity contribution in [1.29, 1.82) is 0 Å². The van der Waals surface area contributed by atoms with E-state index in [-0.39, 0.29) is 0 Å². The molecule has 1 aliphatic carbocycles. The molecule has 2 heterocycles. The number of aromatic nitrogens is 3. The maximum absolute atomic E-state index is 6.07. The van der Waals surface area contributed by atoms with Crippen LogP contribution >= 0.6 is 11.6 Å². The minimum Gasteiger partial charge on any atom is -0.245 e. The number of hydrogen-bond acceptors (Lipinski definition) is 2. The fourth-order valence-electron chi connectivity index (χ4n) is 5.51. The van der Waals surface area contributed by atoms with Gasteiger partial charge in [-0.3, -0.25) is 0 Å². The van der Waals surface area contributed by atoms with E-state index in [1.54, 1.807) is 0 Å². The van der Waals surface area contributed by atoms with Crippen molar-refractivity contribution in [3.05, 3.63) is 70.9 Å². The highest BCUT2D eigenvalue weighted by Crippen LogP contribution is 2.46. The average Bonchev–Trinajstić information content (AvgIpc) is 3.19. The van der Waals surface area contributed by atoms with Gasteiger partial charge in [-0.25, -0.2) is 4.68 Å². The largest absolute Gasteiger partial charge is 0.245 e. The molecule has 5 rings (SSSR count). The van der Waals surface area contributed by atoms with Gasteiger partial charge in [-0.2, -0.15) is 0 Å².